The zero-order valence-corrected chi connectivity index (χ0v) is 15.8. The second-order valence-corrected chi connectivity index (χ2v) is 8.22. The van der Waals surface area contributed by atoms with Gasteiger partial charge in [-0.25, -0.2) is 18.2 Å². The highest BCUT2D eigenvalue weighted by Gasteiger charge is 2.59. The summed E-state index contributed by atoms with van der Waals surface area (Å²) in [6.07, 6.45) is 3.45. The molecule has 5 rings (SSSR count). The van der Waals surface area contributed by atoms with Crippen molar-refractivity contribution in [2.75, 3.05) is 5.32 Å². The largest absolute Gasteiger partial charge is 0.327 e. The second kappa shape index (κ2) is 6.61. The number of nitrogens with zero attached hydrogens (tertiary/aromatic N) is 2. The molecule has 2 fully saturated rings. The normalized spacial score (nSPS) is 26.3. The lowest BCUT2D eigenvalue weighted by atomic mass is 9.96. The number of nitrogens with one attached hydrogen (secondary N) is 1. The summed E-state index contributed by atoms with van der Waals surface area (Å²) in [6.45, 7) is 1.93. The lowest BCUT2D eigenvalue weighted by Gasteiger charge is -2.20. The van der Waals surface area contributed by atoms with E-state index in [1.54, 1.807) is 18.5 Å². The molecule has 5 atom stereocenters. The average molecular weight is 399 g/mol. The first kappa shape index (κ1) is 18.2. The van der Waals surface area contributed by atoms with Gasteiger partial charge in [-0.1, -0.05) is 6.92 Å². The SMILES string of the molecule is CC(C(=O)Nc1ccc(F)cc1)[C@H]1[C@@H]2C[C@@H](n3cnc4cc(F)c(F)cc43)C[C@@H]21. The van der Waals surface area contributed by atoms with E-state index in [2.05, 4.69) is 10.3 Å². The Labute approximate surface area is 165 Å². The van der Waals surface area contributed by atoms with E-state index in [-0.39, 0.29) is 23.7 Å². The summed E-state index contributed by atoms with van der Waals surface area (Å²) in [4.78, 5) is 16.8. The fourth-order valence-electron chi connectivity index (χ4n) is 5.11. The van der Waals surface area contributed by atoms with Gasteiger partial charge in [-0.15, -0.1) is 0 Å². The van der Waals surface area contributed by atoms with E-state index in [0.717, 1.165) is 18.9 Å². The zero-order chi connectivity index (χ0) is 20.3. The highest BCUT2D eigenvalue weighted by atomic mass is 19.2. The fourth-order valence-corrected chi connectivity index (χ4v) is 5.11. The number of benzene rings is 2. The van der Waals surface area contributed by atoms with Gasteiger partial charge in [0.05, 0.1) is 17.4 Å². The van der Waals surface area contributed by atoms with Crippen molar-refractivity contribution in [3.63, 3.8) is 0 Å². The zero-order valence-electron chi connectivity index (χ0n) is 15.8. The van der Waals surface area contributed by atoms with Crippen molar-refractivity contribution in [2.45, 2.75) is 25.8 Å². The topological polar surface area (TPSA) is 46.9 Å². The van der Waals surface area contributed by atoms with Crippen LogP contribution in [-0.2, 0) is 4.79 Å². The summed E-state index contributed by atoms with van der Waals surface area (Å²) in [5, 5.41) is 2.86. The Morgan fingerprint density at radius 3 is 2.45 bits per heavy atom. The Kier molecular flexibility index (Phi) is 4.15. The fraction of sp³-hybridized carbons (Fsp3) is 0.364. The van der Waals surface area contributed by atoms with Crippen LogP contribution in [0.4, 0.5) is 18.9 Å². The van der Waals surface area contributed by atoms with Crippen LogP contribution >= 0.6 is 0 Å². The Hall–Kier alpha value is -2.83. The maximum absolute atomic E-state index is 13.7. The average Bonchev–Trinajstić information content (AvgIpc) is 3.02. The second-order valence-electron chi connectivity index (χ2n) is 8.22. The lowest BCUT2D eigenvalue weighted by Crippen LogP contribution is -2.24. The van der Waals surface area contributed by atoms with Gasteiger partial charge in [-0.05, 0) is 54.9 Å². The third-order valence-electron chi connectivity index (χ3n) is 6.60. The third kappa shape index (κ3) is 3.09. The molecule has 29 heavy (non-hydrogen) atoms. The standard InChI is InChI=1S/C22H20F3N3O/c1-11(22(29)27-13-4-2-12(23)3-5-13)21-15-6-14(7-16(15)21)28-10-26-19-8-17(24)18(25)9-20(19)28/h2-5,8-11,14-16,21H,6-7H2,1H3,(H,27,29)/t11?,14-,15-,16+,21+. The van der Waals surface area contributed by atoms with Gasteiger partial charge in [0.2, 0.25) is 5.91 Å². The number of aromatic nitrogens is 2. The van der Waals surface area contributed by atoms with E-state index in [9.17, 15) is 18.0 Å². The summed E-state index contributed by atoms with van der Waals surface area (Å²) in [5.41, 5.74) is 1.65. The van der Waals surface area contributed by atoms with Gasteiger partial charge < -0.3 is 9.88 Å². The van der Waals surface area contributed by atoms with Crippen molar-refractivity contribution in [3.05, 3.63) is 60.2 Å². The molecule has 1 N–H and O–H groups in total. The highest BCUT2D eigenvalue weighted by Crippen LogP contribution is 2.64. The van der Waals surface area contributed by atoms with Crippen molar-refractivity contribution in [1.29, 1.82) is 0 Å². The molecule has 1 amide bonds. The number of imidazole rings is 1. The molecule has 0 aliphatic heterocycles. The summed E-state index contributed by atoms with van der Waals surface area (Å²) >= 11 is 0. The quantitative estimate of drug-likeness (QED) is 0.677. The Morgan fingerprint density at radius 2 is 1.76 bits per heavy atom. The Balaban J connectivity index is 1.25. The van der Waals surface area contributed by atoms with Crippen LogP contribution in [0.5, 0.6) is 0 Å². The molecule has 1 aromatic heterocycles. The lowest BCUT2D eigenvalue weighted by molar-refractivity contribution is -0.120. The van der Waals surface area contributed by atoms with E-state index >= 15 is 0 Å². The van der Waals surface area contributed by atoms with E-state index < -0.39 is 11.6 Å². The van der Waals surface area contributed by atoms with E-state index in [0.29, 0.717) is 34.5 Å². The first-order chi connectivity index (χ1) is 13.9. The first-order valence-electron chi connectivity index (χ1n) is 9.80. The van der Waals surface area contributed by atoms with Gasteiger partial charge in [-0.2, -0.15) is 0 Å². The summed E-state index contributed by atoms with van der Waals surface area (Å²) in [5.74, 6) is -1.10. The summed E-state index contributed by atoms with van der Waals surface area (Å²) in [7, 11) is 0. The van der Waals surface area contributed by atoms with Crippen LogP contribution in [0.25, 0.3) is 11.0 Å². The molecule has 1 heterocycles. The number of halogens is 3. The van der Waals surface area contributed by atoms with Gasteiger partial charge in [0.15, 0.2) is 11.6 Å². The molecule has 0 spiro atoms. The van der Waals surface area contributed by atoms with Crippen molar-refractivity contribution < 1.29 is 18.0 Å². The molecule has 4 nitrogen and oxygen atoms in total. The van der Waals surface area contributed by atoms with Crippen molar-refractivity contribution in [3.8, 4) is 0 Å². The highest BCUT2D eigenvalue weighted by molar-refractivity contribution is 5.92. The molecular formula is C22H20F3N3O. The molecule has 2 saturated carbocycles. The van der Waals surface area contributed by atoms with E-state index in [1.807, 2.05) is 11.5 Å². The van der Waals surface area contributed by atoms with E-state index in [1.165, 1.54) is 18.2 Å². The van der Waals surface area contributed by atoms with Crippen molar-refractivity contribution in [1.82, 2.24) is 9.55 Å². The van der Waals surface area contributed by atoms with Crippen molar-refractivity contribution in [2.24, 2.45) is 23.7 Å². The molecule has 3 aromatic rings. The first-order valence-corrected chi connectivity index (χ1v) is 9.80. The number of hydrogen-bond donors (Lipinski definition) is 1. The number of amides is 1. The molecule has 0 radical (unpaired) electrons. The predicted octanol–water partition coefficient (Wildman–Crippen LogP) is 4.93. The van der Waals surface area contributed by atoms with Crippen LogP contribution in [0.3, 0.4) is 0 Å². The molecule has 0 saturated heterocycles. The van der Waals surface area contributed by atoms with Gasteiger partial charge >= 0.3 is 0 Å². The van der Waals surface area contributed by atoms with Crippen LogP contribution in [-0.4, -0.2) is 15.5 Å². The molecule has 150 valence electrons. The molecule has 0 bridgehead atoms. The van der Waals surface area contributed by atoms with Gasteiger partial charge in [0.25, 0.3) is 0 Å². The molecular weight excluding hydrogens is 379 g/mol. The molecule has 2 aliphatic carbocycles. The van der Waals surface area contributed by atoms with Crippen LogP contribution < -0.4 is 5.32 Å². The summed E-state index contributed by atoms with van der Waals surface area (Å²) in [6, 6.07) is 8.26. The van der Waals surface area contributed by atoms with Gasteiger partial charge in [-0.3, -0.25) is 4.79 Å². The van der Waals surface area contributed by atoms with Crippen LogP contribution in [0.1, 0.15) is 25.8 Å². The number of carbonyl (C=O) groups is 1. The molecule has 2 aliphatic rings. The number of rotatable bonds is 4. The maximum Gasteiger partial charge on any atom is 0.227 e. The van der Waals surface area contributed by atoms with Crippen molar-refractivity contribution >= 4 is 22.6 Å². The Morgan fingerprint density at radius 1 is 1.10 bits per heavy atom. The minimum atomic E-state index is -0.891. The molecule has 2 aromatic carbocycles. The number of anilines is 1. The number of carbonyl (C=O) groups excluding carboxylic acids is 1. The predicted molar refractivity (Wildman–Crippen MR) is 103 cm³/mol. The third-order valence-corrected chi connectivity index (χ3v) is 6.60. The monoisotopic (exact) mass is 399 g/mol. The number of fused-ring (bicyclic) bond motifs is 2. The van der Waals surface area contributed by atoms with Gasteiger partial charge in [0, 0.05) is 29.8 Å². The minimum Gasteiger partial charge on any atom is -0.327 e. The maximum atomic E-state index is 13.7. The smallest absolute Gasteiger partial charge is 0.227 e. The minimum absolute atomic E-state index is 0.0572. The summed E-state index contributed by atoms with van der Waals surface area (Å²) < 4.78 is 42.0. The Bertz CT molecular complexity index is 1080. The number of hydrogen-bond acceptors (Lipinski definition) is 2. The van der Waals surface area contributed by atoms with Gasteiger partial charge in [0.1, 0.15) is 5.82 Å². The van der Waals surface area contributed by atoms with Crippen LogP contribution in [0.15, 0.2) is 42.7 Å². The molecule has 1 unspecified atom stereocenters. The van der Waals surface area contributed by atoms with E-state index in [4.69, 9.17) is 0 Å². The van der Waals surface area contributed by atoms with Crippen LogP contribution in [0, 0.1) is 41.1 Å². The molecule has 7 heteroatoms. The van der Waals surface area contributed by atoms with Crippen LogP contribution in [0.2, 0.25) is 0 Å².